The first-order valence-electron chi connectivity index (χ1n) is 11.2. The standard InChI is InChI=1S/C25H23Cl2FN2O4/c26-14-13-21(22(31)15-7-11-18(28)12-8-15)29(23(32)16-5-9-17(27)10-6-16)30-24(33)19-3-1-2-4-20(19)25(30)34/h5-12,19-21H,1-4,13-14H2/t19-,20+,21-/m0/s1. The molecule has 0 unspecified atom stereocenters. The number of nitrogens with zero attached hydrogens (tertiary/aromatic N) is 2. The van der Waals surface area contributed by atoms with Crippen molar-refractivity contribution in [1.29, 1.82) is 0 Å². The molecule has 1 saturated heterocycles. The largest absolute Gasteiger partial charge is 0.292 e. The van der Waals surface area contributed by atoms with E-state index < -0.39 is 47.2 Å². The summed E-state index contributed by atoms with van der Waals surface area (Å²) in [6, 6.07) is 9.60. The summed E-state index contributed by atoms with van der Waals surface area (Å²) < 4.78 is 13.5. The van der Waals surface area contributed by atoms with E-state index >= 15 is 0 Å². The number of halogens is 3. The zero-order valence-corrected chi connectivity index (χ0v) is 19.8. The molecule has 0 radical (unpaired) electrons. The molecule has 6 nitrogen and oxygen atoms in total. The average molecular weight is 505 g/mol. The van der Waals surface area contributed by atoms with Gasteiger partial charge in [-0.1, -0.05) is 24.4 Å². The smallest absolute Gasteiger partial charge is 0.273 e. The number of rotatable bonds is 7. The van der Waals surface area contributed by atoms with E-state index in [4.69, 9.17) is 23.2 Å². The van der Waals surface area contributed by atoms with Crippen molar-refractivity contribution in [3.8, 4) is 0 Å². The van der Waals surface area contributed by atoms with Crippen molar-refractivity contribution in [3.05, 3.63) is 70.5 Å². The lowest BCUT2D eigenvalue weighted by Crippen LogP contribution is -2.57. The van der Waals surface area contributed by atoms with Crippen molar-refractivity contribution < 1.29 is 23.6 Å². The van der Waals surface area contributed by atoms with Crippen LogP contribution in [0.5, 0.6) is 0 Å². The number of Topliss-reactive ketones (excluding diaryl/α,β-unsaturated/α-hetero) is 1. The molecular formula is C25H23Cl2FN2O4. The van der Waals surface area contributed by atoms with E-state index in [-0.39, 0.29) is 23.4 Å². The van der Waals surface area contributed by atoms with Gasteiger partial charge in [-0.3, -0.25) is 19.2 Å². The van der Waals surface area contributed by atoms with Crippen molar-refractivity contribution >= 4 is 46.7 Å². The van der Waals surface area contributed by atoms with Crippen LogP contribution in [0, 0.1) is 17.7 Å². The molecule has 2 aromatic carbocycles. The van der Waals surface area contributed by atoms with Crippen LogP contribution in [0.2, 0.25) is 5.02 Å². The highest BCUT2D eigenvalue weighted by Crippen LogP contribution is 2.40. The fraction of sp³-hybridized carbons (Fsp3) is 0.360. The van der Waals surface area contributed by atoms with Gasteiger partial charge in [-0.25, -0.2) is 9.40 Å². The van der Waals surface area contributed by atoms with Gasteiger partial charge in [-0.15, -0.1) is 11.6 Å². The maximum absolute atomic E-state index is 13.7. The predicted octanol–water partition coefficient (Wildman–Crippen LogP) is 4.89. The molecule has 0 aromatic heterocycles. The van der Waals surface area contributed by atoms with Crippen LogP contribution in [0.1, 0.15) is 52.8 Å². The van der Waals surface area contributed by atoms with Crippen molar-refractivity contribution in [2.75, 3.05) is 5.88 Å². The van der Waals surface area contributed by atoms with E-state index in [0.717, 1.165) is 35.0 Å². The second-order valence-electron chi connectivity index (χ2n) is 8.51. The van der Waals surface area contributed by atoms with Crippen LogP contribution in [0.25, 0.3) is 0 Å². The predicted molar refractivity (Wildman–Crippen MR) is 125 cm³/mol. The Morgan fingerprint density at radius 1 is 0.941 bits per heavy atom. The van der Waals surface area contributed by atoms with Gasteiger partial charge in [0, 0.05) is 22.0 Å². The molecule has 1 aliphatic heterocycles. The van der Waals surface area contributed by atoms with Crippen LogP contribution >= 0.6 is 23.2 Å². The summed E-state index contributed by atoms with van der Waals surface area (Å²) in [5.41, 5.74) is 0.299. The van der Waals surface area contributed by atoms with E-state index in [2.05, 4.69) is 0 Å². The molecule has 0 bridgehead atoms. The van der Waals surface area contributed by atoms with Crippen LogP contribution in [0.4, 0.5) is 4.39 Å². The number of hydrazine groups is 1. The summed E-state index contributed by atoms with van der Waals surface area (Å²) >= 11 is 12.0. The van der Waals surface area contributed by atoms with Gasteiger partial charge in [0.15, 0.2) is 5.78 Å². The molecule has 178 valence electrons. The Kier molecular flexibility index (Phi) is 7.33. The second kappa shape index (κ2) is 10.2. The second-order valence-corrected chi connectivity index (χ2v) is 9.32. The Balaban J connectivity index is 1.80. The molecule has 0 spiro atoms. The van der Waals surface area contributed by atoms with Crippen LogP contribution in [-0.2, 0) is 9.59 Å². The average Bonchev–Trinajstić information content (AvgIpc) is 3.09. The van der Waals surface area contributed by atoms with Gasteiger partial charge in [0.25, 0.3) is 17.7 Å². The molecule has 1 aliphatic carbocycles. The molecule has 9 heteroatoms. The number of ketones is 1. The lowest BCUT2D eigenvalue weighted by atomic mass is 9.81. The summed E-state index contributed by atoms with van der Waals surface area (Å²) in [7, 11) is 0. The highest BCUT2D eigenvalue weighted by atomic mass is 35.5. The molecule has 3 atom stereocenters. The molecular weight excluding hydrogens is 482 g/mol. The lowest BCUT2D eigenvalue weighted by Gasteiger charge is -2.36. The van der Waals surface area contributed by atoms with E-state index in [1.54, 1.807) is 0 Å². The molecule has 0 N–H and O–H groups in total. The van der Waals surface area contributed by atoms with E-state index in [9.17, 15) is 23.6 Å². The summed E-state index contributed by atoms with van der Waals surface area (Å²) in [5.74, 6) is -3.76. The maximum atomic E-state index is 13.7. The first-order chi connectivity index (χ1) is 16.3. The van der Waals surface area contributed by atoms with Crippen molar-refractivity contribution in [2.45, 2.75) is 38.1 Å². The fourth-order valence-corrected chi connectivity index (χ4v) is 5.06. The summed E-state index contributed by atoms with van der Waals surface area (Å²) in [6.07, 6.45) is 2.74. The molecule has 2 aromatic rings. The van der Waals surface area contributed by atoms with Crippen molar-refractivity contribution in [3.63, 3.8) is 0 Å². The van der Waals surface area contributed by atoms with Gasteiger partial charge in [-0.05, 0) is 67.8 Å². The first kappa shape index (κ1) is 24.4. The number of carbonyl (C=O) groups is 4. The van der Waals surface area contributed by atoms with Gasteiger partial charge < -0.3 is 0 Å². The SMILES string of the molecule is O=C(c1ccc(F)cc1)[C@H](CCCl)N(C(=O)c1ccc(Cl)cc1)N1C(=O)[C@H]2CCCC[C@H]2C1=O. The number of carbonyl (C=O) groups excluding carboxylic acids is 4. The van der Waals surface area contributed by atoms with E-state index in [0.29, 0.717) is 17.9 Å². The molecule has 2 aliphatic rings. The quantitative estimate of drug-likeness (QED) is 0.305. The number of fused-ring (bicyclic) bond motifs is 1. The Morgan fingerprint density at radius 3 is 2.00 bits per heavy atom. The number of hydrogen-bond acceptors (Lipinski definition) is 4. The monoisotopic (exact) mass is 504 g/mol. The number of amides is 3. The Labute approximate surface area is 206 Å². The fourth-order valence-electron chi connectivity index (χ4n) is 4.73. The van der Waals surface area contributed by atoms with Crippen LogP contribution in [0.3, 0.4) is 0 Å². The van der Waals surface area contributed by atoms with Crippen molar-refractivity contribution in [1.82, 2.24) is 10.0 Å². The lowest BCUT2D eigenvalue weighted by molar-refractivity contribution is -0.156. The number of imide groups is 1. The van der Waals surface area contributed by atoms with Gasteiger partial charge in [0.1, 0.15) is 11.9 Å². The van der Waals surface area contributed by atoms with Gasteiger partial charge in [-0.2, -0.15) is 5.01 Å². The highest BCUT2D eigenvalue weighted by Gasteiger charge is 2.53. The first-order valence-corrected chi connectivity index (χ1v) is 12.1. The minimum absolute atomic E-state index is 0.00885. The maximum Gasteiger partial charge on any atom is 0.273 e. The van der Waals surface area contributed by atoms with Crippen molar-refractivity contribution in [2.24, 2.45) is 11.8 Å². The Hall–Kier alpha value is -2.77. The highest BCUT2D eigenvalue weighted by molar-refractivity contribution is 6.30. The normalized spacial score (nSPS) is 20.7. The summed E-state index contributed by atoms with van der Waals surface area (Å²) in [6.45, 7) is 0. The Bertz CT molecular complexity index is 1080. The van der Waals surface area contributed by atoms with Crippen LogP contribution in [0.15, 0.2) is 48.5 Å². The zero-order chi connectivity index (χ0) is 24.4. The van der Waals surface area contributed by atoms with Crippen LogP contribution < -0.4 is 0 Å². The van der Waals surface area contributed by atoms with Gasteiger partial charge in [0.05, 0.1) is 11.8 Å². The Morgan fingerprint density at radius 2 is 1.47 bits per heavy atom. The third-order valence-corrected chi connectivity index (χ3v) is 6.91. The number of benzene rings is 2. The minimum Gasteiger partial charge on any atom is -0.292 e. The van der Waals surface area contributed by atoms with Gasteiger partial charge in [0.2, 0.25) is 0 Å². The zero-order valence-electron chi connectivity index (χ0n) is 18.3. The molecule has 2 fully saturated rings. The minimum atomic E-state index is -1.24. The third kappa shape index (κ3) is 4.59. The molecule has 34 heavy (non-hydrogen) atoms. The molecule has 1 saturated carbocycles. The molecule has 1 heterocycles. The summed E-state index contributed by atoms with van der Waals surface area (Å²) in [4.78, 5) is 54.0. The van der Waals surface area contributed by atoms with Gasteiger partial charge >= 0.3 is 0 Å². The summed E-state index contributed by atoms with van der Waals surface area (Å²) in [5, 5.41) is 2.22. The van der Waals surface area contributed by atoms with Crippen LogP contribution in [-0.4, -0.2) is 45.4 Å². The van der Waals surface area contributed by atoms with E-state index in [1.165, 1.54) is 36.4 Å². The third-order valence-electron chi connectivity index (χ3n) is 6.44. The number of hydrogen-bond donors (Lipinski definition) is 0. The molecule has 3 amide bonds. The number of alkyl halides is 1. The topological polar surface area (TPSA) is 74.8 Å². The van der Waals surface area contributed by atoms with E-state index in [1.807, 2.05) is 0 Å². The molecule has 4 rings (SSSR count).